The van der Waals surface area contributed by atoms with Gasteiger partial charge in [0.05, 0.1) is 18.2 Å². The minimum absolute atomic E-state index is 0.0367. The summed E-state index contributed by atoms with van der Waals surface area (Å²) < 4.78 is 4.44. The SMILES string of the molecule is [B]c1cc(C(=O)O)cc(C(=O)OC)c1. The molecule has 5 heteroatoms. The maximum atomic E-state index is 11.1. The van der Waals surface area contributed by atoms with E-state index < -0.39 is 11.9 Å². The Labute approximate surface area is 81.9 Å². The van der Waals surface area contributed by atoms with E-state index in [1.165, 1.54) is 25.3 Å². The Morgan fingerprint density at radius 2 is 1.86 bits per heavy atom. The molecule has 0 spiro atoms. The minimum atomic E-state index is -1.14. The van der Waals surface area contributed by atoms with Gasteiger partial charge in [0.25, 0.3) is 0 Å². The number of carbonyl (C=O) groups is 2. The fourth-order valence-electron chi connectivity index (χ4n) is 1.01. The molecule has 0 heterocycles. The van der Waals surface area contributed by atoms with Gasteiger partial charge in [-0.1, -0.05) is 17.6 Å². The highest BCUT2D eigenvalue weighted by atomic mass is 16.5. The molecule has 4 nitrogen and oxygen atoms in total. The summed E-state index contributed by atoms with van der Waals surface area (Å²) in [6.07, 6.45) is 0. The molecule has 0 amide bonds. The van der Waals surface area contributed by atoms with Crippen LogP contribution in [0, 0.1) is 0 Å². The first kappa shape index (κ1) is 10.3. The quantitative estimate of drug-likeness (QED) is 0.525. The summed E-state index contributed by atoms with van der Waals surface area (Å²) in [5.41, 5.74) is 0.306. The number of carboxylic acids is 1. The fourth-order valence-corrected chi connectivity index (χ4v) is 1.01. The monoisotopic (exact) mass is 190 g/mol. The van der Waals surface area contributed by atoms with Crippen LogP contribution in [-0.4, -0.2) is 32.0 Å². The van der Waals surface area contributed by atoms with E-state index in [2.05, 4.69) is 4.74 Å². The molecule has 14 heavy (non-hydrogen) atoms. The molecule has 1 aromatic rings. The van der Waals surface area contributed by atoms with Crippen molar-refractivity contribution in [2.24, 2.45) is 0 Å². The van der Waals surface area contributed by atoms with E-state index in [4.69, 9.17) is 13.0 Å². The molecule has 0 unspecified atom stereocenters. The van der Waals surface area contributed by atoms with Gasteiger partial charge in [0.2, 0.25) is 0 Å². The smallest absolute Gasteiger partial charge is 0.337 e. The summed E-state index contributed by atoms with van der Waals surface area (Å²) in [5, 5.41) is 8.68. The van der Waals surface area contributed by atoms with E-state index in [9.17, 15) is 9.59 Å². The maximum absolute atomic E-state index is 11.1. The van der Waals surface area contributed by atoms with Gasteiger partial charge in [0.1, 0.15) is 7.85 Å². The molecule has 1 aromatic carbocycles. The van der Waals surface area contributed by atoms with Crippen LogP contribution >= 0.6 is 0 Å². The van der Waals surface area contributed by atoms with Crippen molar-refractivity contribution in [1.82, 2.24) is 0 Å². The highest BCUT2D eigenvalue weighted by molar-refractivity contribution is 6.33. The average Bonchev–Trinajstić information content (AvgIpc) is 2.15. The van der Waals surface area contributed by atoms with Crippen LogP contribution < -0.4 is 5.46 Å². The van der Waals surface area contributed by atoms with E-state index in [-0.39, 0.29) is 16.6 Å². The second-order valence-corrected chi connectivity index (χ2v) is 2.64. The first-order valence-corrected chi connectivity index (χ1v) is 3.76. The van der Waals surface area contributed by atoms with Crippen molar-refractivity contribution in [1.29, 1.82) is 0 Å². The van der Waals surface area contributed by atoms with Gasteiger partial charge >= 0.3 is 11.9 Å². The van der Waals surface area contributed by atoms with Crippen molar-refractivity contribution >= 4 is 25.2 Å². The molecule has 1 N–H and O–H groups in total. The number of benzene rings is 1. The lowest BCUT2D eigenvalue weighted by Gasteiger charge is -2.02. The summed E-state index contributed by atoms with van der Waals surface area (Å²) in [6, 6.07) is 3.84. The van der Waals surface area contributed by atoms with Gasteiger partial charge < -0.3 is 9.84 Å². The van der Waals surface area contributed by atoms with Gasteiger partial charge in [0.15, 0.2) is 0 Å². The third-order valence-corrected chi connectivity index (χ3v) is 1.62. The standard InChI is InChI=1S/C9H7BO4/c1-14-9(13)6-2-5(8(11)12)3-7(10)4-6/h2-4H,1H3,(H,11,12). The summed E-state index contributed by atoms with van der Waals surface area (Å²) in [4.78, 5) is 21.7. The fraction of sp³-hybridized carbons (Fsp3) is 0.111. The zero-order valence-corrected chi connectivity index (χ0v) is 7.48. The van der Waals surface area contributed by atoms with Crippen molar-refractivity contribution in [2.45, 2.75) is 0 Å². The largest absolute Gasteiger partial charge is 0.478 e. The molecule has 70 valence electrons. The van der Waals surface area contributed by atoms with Gasteiger partial charge in [-0.2, -0.15) is 0 Å². The van der Waals surface area contributed by atoms with Crippen LogP contribution in [0.5, 0.6) is 0 Å². The van der Waals surface area contributed by atoms with Gasteiger partial charge in [0, 0.05) is 0 Å². The predicted molar refractivity (Wildman–Crippen MR) is 50.1 cm³/mol. The van der Waals surface area contributed by atoms with E-state index in [1.807, 2.05) is 0 Å². The number of ether oxygens (including phenoxy) is 1. The zero-order valence-electron chi connectivity index (χ0n) is 7.48. The molecule has 2 radical (unpaired) electrons. The molecule has 0 aliphatic heterocycles. The maximum Gasteiger partial charge on any atom is 0.337 e. The molecular weight excluding hydrogens is 183 g/mol. The van der Waals surface area contributed by atoms with Crippen LogP contribution in [0.1, 0.15) is 20.7 Å². The number of hydrogen-bond acceptors (Lipinski definition) is 3. The molecule has 1 rings (SSSR count). The van der Waals surface area contributed by atoms with Crippen LogP contribution in [-0.2, 0) is 4.74 Å². The lowest BCUT2D eigenvalue weighted by atomic mass is 9.92. The molecule has 0 atom stereocenters. The number of methoxy groups -OCH3 is 1. The number of esters is 1. The summed E-state index contributed by atoms with van der Waals surface area (Å²) in [5.74, 6) is -1.75. The summed E-state index contributed by atoms with van der Waals surface area (Å²) in [6.45, 7) is 0. The number of rotatable bonds is 2. The van der Waals surface area contributed by atoms with Crippen LogP contribution in [0.25, 0.3) is 0 Å². The molecule has 0 aliphatic carbocycles. The van der Waals surface area contributed by atoms with Crippen LogP contribution in [0.4, 0.5) is 0 Å². The average molecular weight is 190 g/mol. The van der Waals surface area contributed by atoms with Crippen molar-refractivity contribution in [3.8, 4) is 0 Å². The van der Waals surface area contributed by atoms with Crippen molar-refractivity contribution < 1.29 is 19.4 Å². The number of hydrogen-bond donors (Lipinski definition) is 1. The van der Waals surface area contributed by atoms with Crippen LogP contribution in [0.3, 0.4) is 0 Å². The highest BCUT2D eigenvalue weighted by Crippen LogP contribution is 2.04. The van der Waals surface area contributed by atoms with E-state index >= 15 is 0 Å². The number of aromatic carboxylic acids is 1. The Hall–Kier alpha value is -1.78. The van der Waals surface area contributed by atoms with Gasteiger partial charge in [-0.15, -0.1) is 0 Å². The van der Waals surface area contributed by atoms with Gasteiger partial charge in [-0.25, -0.2) is 9.59 Å². The van der Waals surface area contributed by atoms with Crippen molar-refractivity contribution in [3.63, 3.8) is 0 Å². The first-order chi connectivity index (χ1) is 6.54. The molecule has 0 bridgehead atoms. The molecule has 0 aliphatic rings. The van der Waals surface area contributed by atoms with Crippen molar-refractivity contribution in [2.75, 3.05) is 7.11 Å². The second kappa shape index (κ2) is 3.96. The van der Waals surface area contributed by atoms with E-state index in [1.54, 1.807) is 0 Å². The Morgan fingerprint density at radius 1 is 1.29 bits per heavy atom. The Kier molecular flexibility index (Phi) is 2.91. The van der Waals surface area contributed by atoms with E-state index in [0.29, 0.717) is 0 Å². The lowest BCUT2D eigenvalue weighted by molar-refractivity contribution is 0.0601. The zero-order chi connectivity index (χ0) is 10.7. The number of carboxylic acid groups (broad SMARTS) is 1. The highest BCUT2D eigenvalue weighted by Gasteiger charge is 2.10. The third kappa shape index (κ3) is 2.13. The van der Waals surface area contributed by atoms with E-state index in [0.717, 1.165) is 0 Å². The lowest BCUT2D eigenvalue weighted by Crippen LogP contribution is -2.12. The predicted octanol–water partition coefficient (Wildman–Crippen LogP) is -0.0348. The second-order valence-electron chi connectivity index (χ2n) is 2.64. The summed E-state index contributed by atoms with van der Waals surface area (Å²) >= 11 is 0. The summed E-state index contributed by atoms with van der Waals surface area (Å²) in [7, 11) is 6.63. The first-order valence-electron chi connectivity index (χ1n) is 3.76. The molecule has 0 fully saturated rings. The Morgan fingerprint density at radius 3 is 2.36 bits per heavy atom. The van der Waals surface area contributed by atoms with Crippen LogP contribution in [0.15, 0.2) is 18.2 Å². The van der Waals surface area contributed by atoms with Gasteiger partial charge in [-0.3, -0.25) is 0 Å². The van der Waals surface area contributed by atoms with Gasteiger partial charge in [-0.05, 0) is 6.07 Å². The normalized spacial score (nSPS) is 9.50. The third-order valence-electron chi connectivity index (χ3n) is 1.62. The molecular formula is C9H7BO4. The Bertz CT molecular complexity index is 386. The molecule has 0 saturated carbocycles. The Balaban J connectivity index is 3.20. The van der Waals surface area contributed by atoms with Crippen molar-refractivity contribution in [3.05, 3.63) is 29.3 Å². The molecule has 0 saturated heterocycles. The minimum Gasteiger partial charge on any atom is -0.478 e. The molecule has 0 aromatic heterocycles. The topological polar surface area (TPSA) is 63.6 Å². The van der Waals surface area contributed by atoms with Crippen LogP contribution in [0.2, 0.25) is 0 Å². The number of carbonyl (C=O) groups excluding carboxylic acids is 1.